The van der Waals surface area contributed by atoms with E-state index in [2.05, 4.69) is 37.6 Å². The first kappa shape index (κ1) is 11.4. The molecule has 0 aliphatic carbocycles. The minimum absolute atomic E-state index is 0.133. The van der Waals surface area contributed by atoms with Gasteiger partial charge < -0.3 is 10.3 Å². The first-order valence-electron chi connectivity index (χ1n) is 6.61. The monoisotopic (exact) mass is 266 g/mol. The van der Waals surface area contributed by atoms with Crippen molar-refractivity contribution in [3.8, 4) is 5.69 Å². The van der Waals surface area contributed by atoms with Gasteiger partial charge in [-0.15, -0.1) is 10.2 Å². The maximum absolute atomic E-state index is 4.37. The zero-order valence-electron chi connectivity index (χ0n) is 10.8. The van der Waals surface area contributed by atoms with Gasteiger partial charge in [-0.05, 0) is 12.1 Å². The molecule has 0 radical (unpaired) electrons. The Hall–Kier alpha value is -2.47. The summed E-state index contributed by atoms with van der Waals surface area (Å²) in [7, 11) is 0. The Morgan fingerprint density at radius 2 is 2.10 bits per heavy atom. The van der Waals surface area contributed by atoms with Gasteiger partial charge in [-0.1, -0.05) is 18.2 Å². The molecule has 2 N–H and O–H groups in total. The summed E-state index contributed by atoms with van der Waals surface area (Å²) in [5.74, 6) is 0.921. The van der Waals surface area contributed by atoms with Crippen molar-refractivity contribution in [3.63, 3.8) is 0 Å². The highest BCUT2D eigenvalue weighted by Crippen LogP contribution is 2.24. The molecule has 100 valence electrons. The fourth-order valence-electron chi connectivity index (χ4n) is 2.62. The molecule has 1 unspecified atom stereocenters. The molecule has 0 bridgehead atoms. The largest absolute Gasteiger partial charge is 0.347 e. The third-order valence-corrected chi connectivity index (χ3v) is 3.65. The molecule has 0 saturated carbocycles. The van der Waals surface area contributed by atoms with Crippen molar-refractivity contribution in [1.29, 1.82) is 0 Å². The van der Waals surface area contributed by atoms with Crippen molar-refractivity contribution >= 4 is 0 Å². The molecule has 0 spiro atoms. The van der Waals surface area contributed by atoms with Crippen LogP contribution < -0.4 is 5.32 Å². The Kier molecular flexibility index (Phi) is 2.60. The van der Waals surface area contributed by atoms with Crippen molar-refractivity contribution in [2.45, 2.75) is 19.0 Å². The van der Waals surface area contributed by atoms with Crippen molar-refractivity contribution in [2.75, 3.05) is 0 Å². The highest BCUT2D eigenvalue weighted by Gasteiger charge is 2.25. The molecule has 4 rings (SSSR count). The van der Waals surface area contributed by atoms with Crippen molar-refractivity contribution in [1.82, 2.24) is 30.0 Å². The molecule has 2 aromatic heterocycles. The molecule has 0 saturated heterocycles. The van der Waals surface area contributed by atoms with Crippen LogP contribution in [0.5, 0.6) is 0 Å². The number of benzene rings is 1. The molecule has 0 amide bonds. The lowest BCUT2D eigenvalue weighted by molar-refractivity contribution is 0.462. The number of aromatic nitrogens is 5. The number of fused-ring (bicyclic) bond motifs is 1. The van der Waals surface area contributed by atoms with Gasteiger partial charge >= 0.3 is 0 Å². The second-order valence-corrected chi connectivity index (χ2v) is 4.86. The number of para-hydroxylation sites is 1. The maximum atomic E-state index is 4.37. The summed E-state index contributed by atoms with van der Waals surface area (Å²) < 4.78 is 2.02. The SMILES string of the molecule is c1ccc(-n2cnnc2C2Cc3nc[nH]c3CN2)cc1. The van der Waals surface area contributed by atoms with Crippen LogP contribution in [0.3, 0.4) is 0 Å². The van der Waals surface area contributed by atoms with E-state index in [1.165, 1.54) is 0 Å². The average molecular weight is 266 g/mol. The van der Waals surface area contributed by atoms with Crippen LogP contribution in [0.25, 0.3) is 5.69 Å². The molecule has 1 aliphatic heterocycles. The third kappa shape index (κ3) is 1.81. The van der Waals surface area contributed by atoms with E-state index in [1.807, 2.05) is 22.8 Å². The third-order valence-electron chi connectivity index (χ3n) is 3.65. The molecule has 6 nitrogen and oxygen atoms in total. The highest BCUT2D eigenvalue weighted by atomic mass is 15.3. The number of H-pyrrole nitrogens is 1. The quantitative estimate of drug-likeness (QED) is 0.735. The molecule has 1 atom stereocenters. The van der Waals surface area contributed by atoms with Crippen LogP contribution in [0.15, 0.2) is 43.0 Å². The van der Waals surface area contributed by atoms with E-state index >= 15 is 0 Å². The van der Waals surface area contributed by atoms with E-state index < -0.39 is 0 Å². The second kappa shape index (κ2) is 4.57. The van der Waals surface area contributed by atoms with Crippen LogP contribution in [0.1, 0.15) is 23.3 Å². The summed E-state index contributed by atoms with van der Waals surface area (Å²) in [6.45, 7) is 0.779. The number of imidazole rings is 1. The lowest BCUT2D eigenvalue weighted by atomic mass is 10.0. The van der Waals surface area contributed by atoms with Crippen LogP contribution in [0, 0.1) is 0 Å². The fourth-order valence-corrected chi connectivity index (χ4v) is 2.62. The maximum Gasteiger partial charge on any atom is 0.154 e. The summed E-state index contributed by atoms with van der Waals surface area (Å²) >= 11 is 0. The zero-order valence-corrected chi connectivity index (χ0v) is 10.8. The van der Waals surface area contributed by atoms with E-state index in [0.29, 0.717) is 0 Å². The molecule has 6 heteroatoms. The van der Waals surface area contributed by atoms with E-state index in [-0.39, 0.29) is 6.04 Å². The first-order chi connectivity index (χ1) is 9.92. The lowest BCUT2D eigenvalue weighted by Crippen LogP contribution is -2.30. The molecular formula is C14H14N6. The molecule has 1 aliphatic rings. The number of nitrogens with one attached hydrogen (secondary N) is 2. The number of hydrogen-bond donors (Lipinski definition) is 2. The summed E-state index contributed by atoms with van der Waals surface area (Å²) in [5, 5.41) is 11.8. The molecule has 3 aromatic rings. The standard InChI is InChI=1S/C14H14N6/c1-2-4-10(5-3-1)20-9-18-19-14(20)12-6-11-13(7-15-12)17-8-16-11/h1-5,8-9,12,15H,6-7H2,(H,16,17). The van der Waals surface area contributed by atoms with Crippen LogP contribution in [0.2, 0.25) is 0 Å². The van der Waals surface area contributed by atoms with Crippen LogP contribution >= 0.6 is 0 Å². The number of nitrogens with zero attached hydrogens (tertiary/aromatic N) is 4. The Labute approximate surface area is 115 Å². The van der Waals surface area contributed by atoms with Gasteiger partial charge in [0, 0.05) is 18.7 Å². The molecule has 3 heterocycles. The van der Waals surface area contributed by atoms with Crippen LogP contribution in [-0.4, -0.2) is 24.7 Å². The van der Waals surface area contributed by atoms with E-state index in [1.54, 1.807) is 12.7 Å². The Morgan fingerprint density at radius 3 is 3.00 bits per heavy atom. The van der Waals surface area contributed by atoms with Gasteiger partial charge in [0.1, 0.15) is 6.33 Å². The highest BCUT2D eigenvalue weighted by molar-refractivity contribution is 5.33. The van der Waals surface area contributed by atoms with Crippen molar-refractivity contribution in [2.24, 2.45) is 0 Å². The molecule has 0 fully saturated rings. The summed E-state index contributed by atoms with van der Waals surface area (Å²) in [4.78, 5) is 7.52. The number of rotatable bonds is 2. The normalized spacial score (nSPS) is 17.9. The van der Waals surface area contributed by atoms with Gasteiger partial charge in [-0.2, -0.15) is 0 Å². The van der Waals surface area contributed by atoms with Crippen molar-refractivity contribution in [3.05, 3.63) is 60.2 Å². The summed E-state index contributed by atoms with van der Waals surface area (Å²) in [6, 6.07) is 10.3. The lowest BCUT2D eigenvalue weighted by Gasteiger charge is -2.22. The second-order valence-electron chi connectivity index (χ2n) is 4.86. The predicted octanol–water partition coefficient (Wildman–Crippen LogP) is 1.38. The van der Waals surface area contributed by atoms with Gasteiger partial charge in [0.15, 0.2) is 5.82 Å². The predicted molar refractivity (Wildman–Crippen MR) is 73.2 cm³/mol. The van der Waals surface area contributed by atoms with E-state index in [0.717, 1.165) is 35.9 Å². The Balaban J connectivity index is 1.69. The minimum Gasteiger partial charge on any atom is -0.347 e. The topological polar surface area (TPSA) is 71.4 Å². The van der Waals surface area contributed by atoms with Gasteiger partial charge in [0.25, 0.3) is 0 Å². The smallest absolute Gasteiger partial charge is 0.154 e. The summed E-state index contributed by atoms with van der Waals surface area (Å²) in [5.41, 5.74) is 3.34. The van der Waals surface area contributed by atoms with E-state index in [4.69, 9.17) is 0 Å². The van der Waals surface area contributed by atoms with Gasteiger partial charge in [-0.25, -0.2) is 4.98 Å². The summed E-state index contributed by atoms with van der Waals surface area (Å²) in [6.07, 6.45) is 4.33. The first-order valence-corrected chi connectivity index (χ1v) is 6.61. The van der Waals surface area contributed by atoms with Gasteiger partial charge in [0.05, 0.1) is 23.8 Å². The molecule has 1 aromatic carbocycles. The Bertz CT molecular complexity index is 714. The van der Waals surface area contributed by atoms with Gasteiger partial charge in [0.2, 0.25) is 0 Å². The van der Waals surface area contributed by atoms with Crippen molar-refractivity contribution < 1.29 is 0 Å². The van der Waals surface area contributed by atoms with Crippen LogP contribution in [-0.2, 0) is 13.0 Å². The van der Waals surface area contributed by atoms with Gasteiger partial charge in [-0.3, -0.25) is 4.57 Å². The van der Waals surface area contributed by atoms with E-state index in [9.17, 15) is 0 Å². The Morgan fingerprint density at radius 1 is 1.20 bits per heavy atom. The average Bonchev–Trinajstić information content (AvgIpc) is 3.16. The number of aromatic amines is 1. The minimum atomic E-state index is 0.133. The fraction of sp³-hybridized carbons (Fsp3) is 0.214. The molecular weight excluding hydrogens is 252 g/mol. The zero-order chi connectivity index (χ0) is 13.4. The molecule has 20 heavy (non-hydrogen) atoms. The number of hydrogen-bond acceptors (Lipinski definition) is 4. The van der Waals surface area contributed by atoms with Crippen LogP contribution in [0.4, 0.5) is 0 Å².